The Morgan fingerprint density at radius 2 is 1.88 bits per heavy atom. The molecule has 0 atom stereocenters. The first-order valence-corrected chi connectivity index (χ1v) is 6.05. The van der Waals surface area contributed by atoms with Gasteiger partial charge in [-0.25, -0.2) is 9.97 Å². The number of nitrogens with zero attached hydrogens (tertiary/aromatic N) is 3. The predicted molar refractivity (Wildman–Crippen MR) is 66.1 cm³/mol. The van der Waals surface area contributed by atoms with Crippen molar-refractivity contribution in [1.29, 1.82) is 0 Å². The third-order valence-corrected chi connectivity index (χ3v) is 2.62. The van der Waals surface area contributed by atoms with E-state index in [1.54, 1.807) is 12.4 Å². The SMILES string of the molecule is CCN(CC)CCCNCc1ncccn1. The molecule has 0 saturated heterocycles. The summed E-state index contributed by atoms with van der Waals surface area (Å²) in [4.78, 5) is 10.8. The molecule has 4 heteroatoms. The minimum Gasteiger partial charge on any atom is -0.310 e. The molecule has 0 aliphatic carbocycles. The molecule has 0 bridgehead atoms. The molecule has 1 rings (SSSR count). The number of rotatable bonds is 8. The Bertz CT molecular complexity index is 259. The van der Waals surface area contributed by atoms with E-state index >= 15 is 0 Å². The molecule has 0 radical (unpaired) electrons. The van der Waals surface area contributed by atoms with Gasteiger partial charge in [0.1, 0.15) is 5.82 Å². The fourth-order valence-electron chi connectivity index (χ4n) is 1.59. The summed E-state index contributed by atoms with van der Waals surface area (Å²) in [7, 11) is 0. The topological polar surface area (TPSA) is 41.0 Å². The third-order valence-electron chi connectivity index (χ3n) is 2.62. The van der Waals surface area contributed by atoms with Crippen LogP contribution in [0.4, 0.5) is 0 Å². The lowest BCUT2D eigenvalue weighted by Crippen LogP contribution is -2.27. The van der Waals surface area contributed by atoms with Gasteiger partial charge in [-0.15, -0.1) is 0 Å². The van der Waals surface area contributed by atoms with Gasteiger partial charge in [-0.1, -0.05) is 13.8 Å². The fourth-order valence-corrected chi connectivity index (χ4v) is 1.59. The standard InChI is InChI=1S/C12H22N4/c1-3-16(4-2)10-6-7-13-11-12-14-8-5-9-15-12/h5,8-9,13H,3-4,6-7,10-11H2,1-2H3. The Labute approximate surface area is 98.1 Å². The van der Waals surface area contributed by atoms with Gasteiger partial charge in [-0.05, 0) is 38.7 Å². The zero-order valence-corrected chi connectivity index (χ0v) is 10.3. The van der Waals surface area contributed by atoms with Gasteiger partial charge in [-0.3, -0.25) is 0 Å². The van der Waals surface area contributed by atoms with E-state index in [9.17, 15) is 0 Å². The summed E-state index contributed by atoms with van der Waals surface area (Å²) < 4.78 is 0. The molecule has 0 unspecified atom stereocenters. The highest BCUT2D eigenvalue weighted by Crippen LogP contribution is 1.90. The molecule has 1 heterocycles. The second kappa shape index (κ2) is 8.19. The van der Waals surface area contributed by atoms with Crippen LogP contribution in [0.25, 0.3) is 0 Å². The van der Waals surface area contributed by atoms with Crippen LogP contribution in [-0.2, 0) is 6.54 Å². The summed E-state index contributed by atoms with van der Waals surface area (Å²) in [5, 5.41) is 3.35. The molecule has 0 saturated carbocycles. The van der Waals surface area contributed by atoms with Crippen molar-refractivity contribution in [3.05, 3.63) is 24.3 Å². The van der Waals surface area contributed by atoms with Gasteiger partial charge >= 0.3 is 0 Å². The molecular weight excluding hydrogens is 200 g/mol. The van der Waals surface area contributed by atoms with Crippen molar-refractivity contribution in [1.82, 2.24) is 20.2 Å². The fraction of sp³-hybridized carbons (Fsp3) is 0.667. The van der Waals surface area contributed by atoms with Crippen LogP contribution in [0.5, 0.6) is 0 Å². The molecule has 1 N–H and O–H groups in total. The second-order valence-electron chi connectivity index (χ2n) is 3.72. The summed E-state index contributed by atoms with van der Waals surface area (Å²) in [6.45, 7) is 9.63. The lowest BCUT2D eigenvalue weighted by Gasteiger charge is -2.17. The summed E-state index contributed by atoms with van der Waals surface area (Å²) >= 11 is 0. The lowest BCUT2D eigenvalue weighted by atomic mass is 10.3. The van der Waals surface area contributed by atoms with E-state index < -0.39 is 0 Å². The number of nitrogens with one attached hydrogen (secondary N) is 1. The average Bonchev–Trinajstić information content (AvgIpc) is 2.35. The summed E-state index contributed by atoms with van der Waals surface area (Å²) in [5.74, 6) is 0.866. The molecule has 0 aliphatic rings. The quantitative estimate of drug-likeness (QED) is 0.673. The maximum absolute atomic E-state index is 4.16. The average molecular weight is 222 g/mol. The second-order valence-corrected chi connectivity index (χ2v) is 3.72. The highest BCUT2D eigenvalue weighted by atomic mass is 15.1. The maximum atomic E-state index is 4.16. The van der Waals surface area contributed by atoms with Gasteiger partial charge < -0.3 is 10.2 Å². The first-order valence-electron chi connectivity index (χ1n) is 6.05. The molecule has 16 heavy (non-hydrogen) atoms. The van der Waals surface area contributed by atoms with Gasteiger partial charge in [0.15, 0.2) is 0 Å². The van der Waals surface area contributed by atoms with Gasteiger partial charge in [0, 0.05) is 12.4 Å². The molecule has 0 aliphatic heterocycles. The number of hydrogen-bond acceptors (Lipinski definition) is 4. The lowest BCUT2D eigenvalue weighted by molar-refractivity contribution is 0.298. The van der Waals surface area contributed by atoms with Crippen LogP contribution in [0, 0.1) is 0 Å². The van der Waals surface area contributed by atoms with Crippen molar-refractivity contribution in [2.45, 2.75) is 26.8 Å². The smallest absolute Gasteiger partial charge is 0.141 e. The van der Waals surface area contributed by atoms with E-state index in [-0.39, 0.29) is 0 Å². The molecule has 0 aromatic carbocycles. The molecule has 1 aromatic rings. The zero-order valence-electron chi connectivity index (χ0n) is 10.3. The van der Waals surface area contributed by atoms with Crippen molar-refractivity contribution in [3.63, 3.8) is 0 Å². The van der Waals surface area contributed by atoms with Crippen LogP contribution >= 0.6 is 0 Å². The zero-order chi connectivity index (χ0) is 11.6. The molecule has 0 amide bonds. The normalized spacial score (nSPS) is 10.9. The van der Waals surface area contributed by atoms with Crippen LogP contribution in [-0.4, -0.2) is 41.0 Å². The van der Waals surface area contributed by atoms with Gasteiger partial charge in [0.25, 0.3) is 0 Å². The molecule has 0 spiro atoms. The van der Waals surface area contributed by atoms with E-state index in [1.165, 1.54) is 6.42 Å². The van der Waals surface area contributed by atoms with E-state index in [0.29, 0.717) is 0 Å². The monoisotopic (exact) mass is 222 g/mol. The number of aromatic nitrogens is 2. The molecule has 1 aromatic heterocycles. The molecule has 90 valence electrons. The summed E-state index contributed by atoms with van der Waals surface area (Å²) in [6, 6.07) is 1.84. The van der Waals surface area contributed by atoms with Crippen molar-refractivity contribution in [2.75, 3.05) is 26.2 Å². The van der Waals surface area contributed by atoms with E-state index in [2.05, 4.69) is 34.0 Å². The first-order chi connectivity index (χ1) is 7.86. The first kappa shape index (κ1) is 13.1. The molecule has 4 nitrogen and oxygen atoms in total. The Morgan fingerprint density at radius 3 is 2.50 bits per heavy atom. The van der Waals surface area contributed by atoms with Crippen LogP contribution < -0.4 is 5.32 Å². The summed E-state index contributed by atoms with van der Waals surface area (Å²) in [5.41, 5.74) is 0. The maximum Gasteiger partial charge on any atom is 0.141 e. The van der Waals surface area contributed by atoms with Crippen LogP contribution in [0.15, 0.2) is 18.5 Å². The summed E-state index contributed by atoms with van der Waals surface area (Å²) in [6.07, 6.45) is 4.73. The van der Waals surface area contributed by atoms with E-state index in [4.69, 9.17) is 0 Å². The van der Waals surface area contributed by atoms with Crippen molar-refractivity contribution in [2.24, 2.45) is 0 Å². The van der Waals surface area contributed by atoms with Crippen molar-refractivity contribution in [3.8, 4) is 0 Å². The van der Waals surface area contributed by atoms with Gasteiger partial charge in [0.2, 0.25) is 0 Å². The Hall–Kier alpha value is -1.00. The Morgan fingerprint density at radius 1 is 1.19 bits per heavy atom. The molecular formula is C12H22N4. The third kappa shape index (κ3) is 5.19. The van der Waals surface area contributed by atoms with Crippen molar-refractivity contribution >= 4 is 0 Å². The van der Waals surface area contributed by atoms with Gasteiger partial charge in [-0.2, -0.15) is 0 Å². The van der Waals surface area contributed by atoms with Crippen LogP contribution in [0.2, 0.25) is 0 Å². The van der Waals surface area contributed by atoms with Crippen LogP contribution in [0.1, 0.15) is 26.1 Å². The van der Waals surface area contributed by atoms with Crippen molar-refractivity contribution < 1.29 is 0 Å². The highest BCUT2D eigenvalue weighted by Gasteiger charge is 1.98. The van der Waals surface area contributed by atoms with Gasteiger partial charge in [0.05, 0.1) is 6.54 Å². The highest BCUT2D eigenvalue weighted by molar-refractivity contribution is 4.87. The van der Waals surface area contributed by atoms with Crippen LogP contribution in [0.3, 0.4) is 0 Å². The largest absolute Gasteiger partial charge is 0.310 e. The van der Waals surface area contributed by atoms with E-state index in [0.717, 1.165) is 38.5 Å². The Kier molecular flexibility index (Phi) is 6.69. The minimum atomic E-state index is 0.763. The number of hydrogen-bond donors (Lipinski definition) is 1. The molecule has 0 fully saturated rings. The predicted octanol–water partition coefficient (Wildman–Crippen LogP) is 1.30. The Balaban J connectivity index is 2.04. The van der Waals surface area contributed by atoms with E-state index in [1.807, 2.05) is 6.07 Å². The minimum absolute atomic E-state index is 0.763.